The van der Waals surface area contributed by atoms with Crippen LogP contribution in [0.2, 0.25) is 0 Å². The van der Waals surface area contributed by atoms with E-state index >= 15 is 0 Å². The molecular weight excluding hydrogens is 258 g/mol. The van der Waals surface area contributed by atoms with Gasteiger partial charge in [-0.25, -0.2) is 13.6 Å². The van der Waals surface area contributed by atoms with E-state index in [1.165, 1.54) is 4.90 Å². The van der Waals surface area contributed by atoms with Gasteiger partial charge in [-0.3, -0.25) is 4.84 Å². The average Bonchev–Trinajstić information content (AvgIpc) is 2.43. The Morgan fingerprint density at radius 3 is 2.84 bits per heavy atom. The first-order chi connectivity index (χ1) is 9.16. The lowest BCUT2D eigenvalue weighted by Gasteiger charge is -2.24. The summed E-state index contributed by atoms with van der Waals surface area (Å²) < 4.78 is 31.2. The summed E-state index contributed by atoms with van der Waals surface area (Å²) in [5.74, 6) is -1.24. The van der Waals surface area contributed by atoms with Crippen molar-refractivity contribution in [1.82, 2.24) is 4.90 Å². The van der Waals surface area contributed by atoms with Gasteiger partial charge in [0.1, 0.15) is 11.6 Å². The van der Waals surface area contributed by atoms with Crippen LogP contribution in [0.3, 0.4) is 0 Å². The van der Waals surface area contributed by atoms with Crippen LogP contribution in [0, 0.1) is 11.6 Å². The Morgan fingerprint density at radius 2 is 2.11 bits per heavy atom. The van der Waals surface area contributed by atoms with Gasteiger partial charge >= 0.3 is 6.09 Å². The van der Waals surface area contributed by atoms with Gasteiger partial charge in [-0.2, -0.15) is 0 Å². The number of hydrogen-bond acceptors (Lipinski definition) is 4. The van der Waals surface area contributed by atoms with Crippen LogP contribution >= 0.6 is 0 Å². The fourth-order valence-electron chi connectivity index (χ4n) is 1.55. The summed E-state index contributed by atoms with van der Waals surface area (Å²) in [5, 5.41) is 3.35. The zero-order chi connectivity index (χ0) is 13.7. The van der Waals surface area contributed by atoms with E-state index in [1.807, 2.05) is 0 Å². The second-order valence-corrected chi connectivity index (χ2v) is 3.86. The molecule has 0 spiro atoms. The maximum absolute atomic E-state index is 13.2. The maximum Gasteiger partial charge on any atom is 0.436 e. The van der Waals surface area contributed by atoms with Gasteiger partial charge < -0.3 is 9.64 Å². The highest BCUT2D eigenvalue weighted by Gasteiger charge is 2.17. The van der Waals surface area contributed by atoms with Crippen LogP contribution in [0.5, 0.6) is 0 Å². The van der Waals surface area contributed by atoms with Crippen LogP contribution in [0.4, 0.5) is 13.6 Å². The molecule has 0 aromatic heterocycles. The SMILES string of the molecule is O=C(ON=Cc1cc(F)ccc1F)N1CCOCC1. The van der Waals surface area contributed by atoms with E-state index in [4.69, 9.17) is 4.74 Å². The molecule has 1 heterocycles. The van der Waals surface area contributed by atoms with E-state index in [2.05, 4.69) is 9.99 Å². The Morgan fingerprint density at radius 1 is 1.37 bits per heavy atom. The van der Waals surface area contributed by atoms with Gasteiger partial charge in [0.25, 0.3) is 0 Å². The lowest BCUT2D eigenvalue weighted by atomic mass is 10.2. The molecule has 102 valence electrons. The normalized spacial score (nSPS) is 15.8. The van der Waals surface area contributed by atoms with Crippen molar-refractivity contribution < 1.29 is 23.1 Å². The van der Waals surface area contributed by atoms with Gasteiger partial charge in [-0.05, 0) is 18.2 Å². The van der Waals surface area contributed by atoms with Crippen molar-refractivity contribution in [3.63, 3.8) is 0 Å². The highest BCUT2D eigenvalue weighted by Crippen LogP contribution is 2.07. The summed E-state index contributed by atoms with van der Waals surface area (Å²) in [6.45, 7) is 1.72. The van der Waals surface area contributed by atoms with Crippen molar-refractivity contribution >= 4 is 12.3 Å². The van der Waals surface area contributed by atoms with Crippen molar-refractivity contribution in [3.8, 4) is 0 Å². The van der Waals surface area contributed by atoms with Gasteiger partial charge in [0.15, 0.2) is 0 Å². The molecule has 1 saturated heterocycles. The largest absolute Gasteiger partial charge is 0.436 e. The third-order valence-corrected chi connectivity index (χ3v) is 2.55. The van der Waals surface area contributed by atoms with Gasteiger partial charge in [0.05, 0.1) is 19.4 Å². The molecular formula is C12H12F2N2O3. The smallest absolute Gasteiger partial charge is 0.378 e. The lowest BCUT2D eigenvalue weighted by Crippen LogP contribution is -2.40. The molecule has 0 saturated carbocycles. The molecule has 1 aliphatic heterocycles. The first kappa shape index (κ1) is 13.4. The van der Waals surface area contributed by atoms with Gasteiger partial charge in [0, 0.05) is 18.7 Å². The molecule has 1 aliphatic rings. The van der Waals surface area contributed by atoms with Gasteiger partial charge in [-0.1, -0.05) is 5.16 Å². The molecule has 7 heteroatoms. The van der Waals surface area contributed by atoms with Crippen molar-refractivity contribution in [2.24, 2.45) is 5.16 Å². The Hall–Kier alpha value is -2.02. The van der Waals surface area contributed by atoms with Crippen molar-refractivity contribution in [1.29, 1.82) is 0 Å². The predicted molar refractivity (Wildman–Crippen MR) is 62.8 cm³/mol. The summed E-state index contributed by atoms with van der Waals surface area (Å²) in [4.78, 5) is 17.5. The third kappa shape index (κ3) is 3.72. The molecule has 19 heavy (non-hydrogen) atoms. The minimum Gasteiger partial charge on any atom is -0.378 e. The Bertz CT molecular complexity index is 488. The molecule has 0 N–H and O–H groups in total. The number of oxime groups is 1. The second kappa shape index (κ2) is 6.24. The number of amides is 1. The number of hydrogen-bond donors (Lipinski definition) is 0. The second-order valence-electron chi connectivity index (χ2n) is 3.86. The van der Waals surface area contributed by atoms with E-state index in [1.54, 1.807) is 0 Å². The van der Waals surface area contributed by atoms with Gasteiger partial charge in [-0.15, -0.1) is 0 Å². The molecule has 0 atom stereocenters. The highest BCUT2D eigenvalue weighted by molar-refractivity contribution is 5.80. The standard InChI is InChI=1S/C12H12F2N2O3/c13-10-1-2-11(14)9(7-10)8-15-19-12(17)16-3-5-18-6-4-16/h1-2,7-8H,3-6H2. The molecule has 1 aromatic carbocycles. The van der Waals surface area contributed by atoms with E-state index in [0.717, 1.165) is 24.4 Å². The molecule has 2 rings (SSSR count). The van der Waals surface area contributed by atoms with E-state index < -0.39 is 17.7 Å². The molecule has 0 unspecified atom stereocenters. The number of carbonyl (C=O) groups excluding carboxylic acids is 1. The van der Waals surface area contributed by atoms with E-state index in [0.29, 0.717) is 26.3 Å². The Balaban J connectivity index is 1.92. The van der Waals surface area contributed by atoms with Gasteiger partial charge in [0.2, 0.25) is 0 Å². The summed E-state index contributed by atoms with van der Waals surface area (Å²) in [7, 11) is 0. The molecule has 5 nitrogen and oxygen atoms in total. The molecule has 0 bridgehead atoms. The Labute approximate surface area is 108 Å². The lowest BCUT2D eigenvalue weighted by molar-refractivity contribution is 0.0281. The Kier molecular flexibility index (Phi) is 4.40. The zero-order valence-electron chi connectivity index (χ0n) is 10.0. The summed E-state index contributed by atoms with van der Waals surface area (Å²) in [5.41, 5.74) is -0.0882. The number of carbonyl (C=O) groups is 1. The van der Waals surface area contributed by atoms with Crippen molar-refractivity contribution in [2.45, 2.75) is 0 Å². The fourth-order valence-corrected chi connectivity index (χ4v) is 1.55. The molecule has 1 aromatic rings. The summed E-state index contributed by atoms with van der Waals surface area (Å²) in [6, 6.07) is 2.92. The first-order valence-electron chi connectivity index (χ1n) is 5.69. The third-order valence-electron chi connectivity index (χ3n) is 2.55. The number of ether oxygens (including phenoxy) is 1. The number of rotatable bonds is 2. The average molecular weight is 270 g/mol. The minimum atomic E-state index is -0.646. The molecule has 1 amide bonds. The fraction of sp³-hybridized carbons (Fsp3) is 0.333. The highest BCUT2D eigenvalue weighted by atomic mass is 19.1. The minimum absolute atomic E-state index is 0.0882. The number of nitrogens with zero attached hydrogens (tertiary/aromatic N) is 2. The number of benzene rings is 1. The van der Waals surface area contributed by atoms with Crippen LogP contribution in [0.1, 0.15) is 5.56 Å². The zero-order valence-corrected chi connectivity index (χ0v) is 10.0. The maximum atomic E-state index is 13.2. The van der Waals surface area contributed by atoms with E-state index in [-0.39, 0.29) is 5.56 Å². The number of halogens is 2. The van der Waals surface area contributed by atoms with Crippen molar-refractivity contribution in [3.05, 3.63) is 35.4 Å². The van der Waals surface area contributed by atoms with Crippen LogP contribution in [0.25, 0.3) is 0 Å². The van der Waals surface area contributed by atoms with E-state index in [9.17, 15) is 13.6 Å². The predicted octanol–water partition coefficient (Wildman–Crippen LogP) is 1.77. The summed E-state index contributed by atoms with van der Waals surface area (Å²) >= 11 is 0. The van der Waals surface area contributed by atoms with Crippen LogP contribution in [-0.2, 0) is 9.57 Å². The topological polar surface area (TPSA) is 51.1 Å². The first-order valence-corrected chi connectivity index (χ1v) is 5.69. The monoisotopic (exact) mass is 270 g/mol. The number of morpholine rings is 1. The molecule has 0 radical (unpaired) electrons. The van der Waals surface area contributed by atoms with Crippen LogP contribution in [-0.4, -0.2) is 43.5 Å². The quantitative estimate of drug-likeness (QED) is 0.467. The van der Waals surface area contributed by atoms with Crippen LogP contribution in [0.15, 0.2) is 23.4 Å². The molecule has 1 fully saturated rings. The molecule has 0 aliphatic carbocycles. The van der Waals surface area contributed by atoms with Crippen molar-refractivity contribution in [2.75, 3.05) is 26.3 Å². The van der Waals surface area contributed by atoms with Crippen LogP contribution < -0.4 is 0 Å². The summed E-state index contributed by atoms with van der Waals surface area (Å²) in [6.07, 6.45) is 0.313.